The van der Waals surface area contributed by atoms with E-state index >= 15 is 0 Å². The van der Waals surface area contributed by atoms with Crippen molar-refractivity contribution >= 4 is 23.4 Å². The first-order chi connectivity index (χ1) is 8.66. The highest BCUT2D eigenvalue weighted by atomic mass is 32.2. The average molecular weight is 259 g/mol. The summed E-state index contributed by atoms with van der Waals surface area (Å²) in [6, 6.07) is 14.9. The number of rotatable bonds is 4. The van der Waals surface area contributed by atoms with E-state index in [9.17, 15) is 4.79 Å². The van der Waals surface area contributed by atoms with Crippen molar-refractivity contribution in [1.29, 1.82) is 0 Å². The molecule has 3 nitrogen and oxygen atoms in total. The first-order valence-electron chi connectivity index (χ1n) is 5.46. The van der Waals surface area contributed by atoms with Gasteiger partial charge < -0.3 is 10.8 Å². The van der Waals surface area contributed by atoms with Gasteiger partial charge in [-0.3, -0.25) is 0 Å². The van der Waals surface area contributed by atoms with Crippen LogP contribution in [0.5, 0.6) is 0 Å². The summed E-state index contributed by atoms with van der Waals surface area (Å²) in [5.74, 6) is -0.205. The van der Waals surface area contributed by atoms with E-state index in [0.717, 1.165) is 16.2 Å². The molecule has 2 aromatic rings. The molecule has 0 bridgehead atoms. The SMILES string of the molecule is Nc1ccc(SCc2ccccc2)c(C(=O)O)c1. The molecule has 3 N–H and O–H groups in total. The molecular formula is C14H13NO2S. The predicted molar refractivity (Wildman–Crippen MR) is 73.8 cm³/mol. The van der Waals surface area contributed by atoms with Crippen molar-refractivity contribution in [3.8, 4) is 0 Å². The van der Waals surface area contributed by atoms with Gasteiger partial charge in [0, 0.05) is 16.3 Å². The summed E-state index contributed by atoms with van der Waals surface area (Å²) in [6.07, 6.45) is 0. The van der Waals surface area contributed by atoms with Crippen LogP contribution in [0.4, 0.5) is 5.69 Å². The van der Waals surface area contributed by atoms with Crippen molar-refractivity contribution in [3.05, 3.63) is 59.7 Å². The third-order valence-corrected chi connectivity index (χ3v) is 3.62. The van der Waals surface area contributed by atoms with E-state index in [0.29, 0.717) is 5.69 Å². The second kappa shape index (κ2) is 5.60. The van der Waals surface area contributed by atoms with Crippen LogP contribution < -0.4 is 5.73 Å². The number of thioether (sulfide) groups is 1. The number of aromatic carboxylic acids is 1. The third kappa shape index (κ3) is 3.05. The van der Waals surface area contributed by atoms with Crippen LogP contribution in [0, 0.1) is 0 Å². The molecule has 18 heavy (non-hydrogen) atoms. The molecule has 0 atom stereocenters. The number of hydrogen-bond acceptors (Lipinski definition) is 3. The molecule has 0 spiro atoms. The summed E-state index contributed by atoms with van der Waals surface area (Å²) in [4.78, 5) is 11.9. The molecule has 0 unspecified atom stereocenters. The van der Waals surface area contributed by atoms with E-state index in [1.807, 2.05) is 30.3 Å². The maximum Gasteiger partial charge on any atom is 0.336 e. The smallest absolute Gasteiger partial charge is 0.336 e. The van der Waals surface area contributed by atoms with E-state index in [1.165, 1.54) is 17.8 Å². The Balaban J connectivity index is 2.17. The number of carbonyl (C=O) groups is 1. The van der Waals surface area contributed by atoms with Crippen LogP contribution >= 0.6 is 11.8 Å². The summed E-state index contributed by atoms with van der Waals surface area (Å²) in [7, 11) is 0. The van der Waals surface area contributed by atoms with Crippen molar-refractivity contribution in [1.82, 2.24) is 0 Å². The van der Waals surface area contributed by atoms with Gasteiger partial charge in [-0.15, -0.1) is 11.8 Å². The Hall–Kier alpha value is -1.94. The van der Waals surface area contributed by atoms with Gasteiger partial charge in [0.2, 0.25) is 0 Å². The minimum absolute atomic E-state index is 0.260. The summed E-state index contributed by atoms with van der Waals surface area (Å²) < 4.78 is 0. The number of anilines is 1. The lowest BCUT2D eigenvalue weighted by Gasteiger charge is -2.06. The Kier molecular flexibility index (Phi) is 3.89. The number of nitrogen functional groups attached to an aromatic ring is 1. The fourth-order valence-corrected chi connectivity index (χ4v) is 2.56. The lowest BCUT2D eigenvalue weighted by Crippen LogP contribution is -2.00. The molecule has 0 radical (unpaired) electrons. The zero-order valence-electron chi connectivity index (χ0n) is 9.67. The molecule has 0 heterocycles. The van der Waals surface area contributed by atoms with Crippen molar-refractivity contribution in [3.63, 3.8) is 0 Å². The molecule has 0 aliphatic rings. The van der Waals surface area contributed by atoms with Crippen molar-refractivity contribution in [2.75, 3.05) is 5.73 Å². The quantitative estimate of drug-likeness (QED) is 0.653. The van der Waals surface area contributed by atoms with E-state index in [1.54, 1.807) is 12.1 Å². The first-order valence-corrected chi connectivity index (χ1v) is 6.45. The van der Waals surface area contributed by atoms with E-state index in [2.05, 4.69) is 0 Å². The number of benzene rings is 2. The first kappa shape index (κ1) is 12.5. The van der Waals surface area contributed by atoms with Crippen LogP contribution in [0.2, 0.25) is 0 Å². The van der Waals surface area contributed by atoms with Crippen molar-refractivity contribution in [2.24, 2.45) is 0 Å². The van der Waals surface area contributed by atoms with Gasteiger partial charge in [-0.05, 0) is 23.8 Å². The highest BCUT2D eigenvalue weighted by Gasteiger charge is 2.10. The fourth-order valence-electron chi connectivity index (χ4n) is 1.58. The monoisotopic (exact) mass is 259 g/mol. The second-order valence-electron chi connectivity index (χ2n) is 3.84. The summed E-state index contributed by atoms with van der Waals surface area (Å²) in [5.41, 5.74) is 7.49. The molecule has 2 aromatic carbocycles. The van der Waals surface area contributed by atoms with E-state index in [-0.39, 0.29) is 5.56 Å². The Bertz CT molecular complexity index is 555. The Morgan fingerprint density at radius 1 is 1.17 bits per heavy atom. The van der Waals surface area contributed by atoms with Crippen molar-refractivity contribution in [2.45, 2.75) is 10.6 Å². The number of carboxylic acids is 1. The van der Waals surface area contributed by atoms with Gasteiger partial charge in [-0.25, -0.2) is 4.79 Å². The minimum atomic E-state index is -0.946. The van der Waals surface area contributed by atoms with Gasteiger partial charge in [-0.2, -0.15) is 0 Å². The van der Waals surface area contributed by atoms with E-state index in [4.69, 9.17) is 10.8 Å². The Morgan fingerprint density at radius 3 is 2.56 bits per heavy atom. The molecule has 0 fully saturated rings. The van der Waals surface area contributed by atoms with Gasteiger partial charge in [0.25, 0.3) is 0 Å². The molecule has 0 amide bonds. The van der Waals surface area contributed by atoms with Crippen molar-refractivity contribution < 1.29 is 9.90 Å². The topological polar surface area (TPSA) is 63.3 Å². The molecule has 0 aliphatic heterocycles. The largest absolute Gasteiger partial charge is 0.478 e. The van der Waals surface area contributed by atoms with Gasteiger partial charge in [0.1, 0.15) is 0 Å². The van der Waals surface area contributed by atoms with Crippen LogP contribution in [-0.4, -0.2) is 11.1 Å². The molecule has 0 saturated heterocycles. The Labute approximate surface area is 110 Å². The van der Waals surface area contributed by atoms with Gasteiger partial charge >= 0.3 is 5.97 Å². The highest BCUT2D eigenvalue weighted by molar-refractivity contribution is 7.98. The van der Waals surface area contributed by atoms with Crippen LogP contribution in [0.1, 0.15) is 15.9 Å². The van der Waals surface area contributed by atoms with Crippen LogP contribution in [0.15, 0.2) is 53.4 Å². The third-order valence-electron chi connectivity index (χ3n) is 2.47. The van der Waals surface area contributed by atoms with E-state index < -0.39 is 5.97 Å². The predicted octanol–water partition coefficient (Wildman–Crippen LogP) is 3.26. The average Bonchev–Trinajstić information content (AvgIpc) is 2.38. The molecule has 0 aliphatic carbocycles. The van der Waals surface area contributed by atoms with Gasteiger partial charge in [0.05, 0.1) is 5.56 Å². The maximum absolute atomic E-state index is 11.1. The zero-order chi connectivity index (χ0) is 13.0. The normalized spacial score (nSPS) is 10.2. The molecular weight excluding hydrogens is 246 g/mol. The Morgan fingerprint density at radius 2 is 1.89 bits per heavy atom. The molecule has 4 heteroatoms. The molecule has 2 rings (SSSR count). The summed E-state index contributed by atoms with van der Waals surface area (Å²) in [6.45, 7) is 0. The second-order valence-corrected chi connectivity index (χ2v) is 4.85. The summed E-state index contributed by atoms with van der Waals surface area (Å²) >= 11 is 1.50. The number of carboxylic acid groups (broad SMARTS) is 1. The maximum atomic E-state index is 11.1. The minimum Gasteiger partial charge on any atom is -0.478 e. The van der Waals surface area contributed by atoms with Crippen LogP contribution in [0.3, 0.4) is 0 Å². The fraction of sp³-hybridized carbons (Fsp3) is 0.0714. The molecule has 0 aromatic heterocycles. The van der Waals surface area contributed by atoms with Crippen LogP contribution in [0.25, 0.3) is 0 Å². The lowest BCUT2D eigenvalue weighted by molar-refractivity contribution is 0.0693. The highest BCUT2D eigenvalue weighted by Crippen LogP contribution is 2.27. The zero-order valence-corrected chi connectivity index (χ0v) is 10.5. The van der Waals surface area contributed by atoms with Gasteiger partial charge in [-0.1, -0.05) is 30.3 Å². The standard InChI is InChI=1S/C14H13NO2S/c15-11-6-7-13(12(8-11)14(16)17)18-9-10-4-2-1-3-5-10/h1-8H,9,15H2,(H,16,17). The summed E-state index contributed by atoms with van der Waals surface area (Å²) in [5, 5.41) is 9.12. The van der Waals surface area contributed by atoms with Crippen LogP contribution in [-0.2, 0) is 5.75 Å². The lowest BCUT2D eigenvalue weighted by atomic mass is 10.2. The van der Waals surface area contributed by atoms with Gasteiger partial charge in [0.15, 0.2) is 0 Å². The molecule has 0 saturated carbocycles. The molecule has 92 valence electrons. The number of hydrogen-bond donors (Lipinski definition) is 2. The number of nitrogens with two attached hydrogens (primary N) is 1.